The maximum atomic E-state index is 12.6. The van der Waals surface area contributed by atoms with Crippen molar-refractivity contribution in [2.24, 2.45) is 0 Å². The second-order valence-corrected chi connectivity index (χ2v) is 6.62. The van der Waals surface area contributed by atoms with Crippen LogP contribution >= 0.6 is 0 Å². The minimum absolute atomic E-state index is 0.131. The van der Waals surface area contributed by atoms with Crippen LogP contribution in [-0.4, -0.2) is 18.6 Å². The molecule has 2 aromatic rings. The van der Waals surface area contributed by atoms with E-state index in [-0.39, 0.29) is 17.6 Å². The van der Waals surface area contributed by atoms with Crippen molar-refractivity contribution in [3.05, 3.63) is 53.6 Å². The molecule has 0 aromatic heterocycles. The van der Waals surface area contributed by atoms with Crippen molar-refractivity contribution in [1.82, 2.24) is 5.32 Å². The number of carbonyl (C=O) groups excluding carboxylic acids is 1. The molecule has 1 amide bonds. The first-order chi connectivity index (χ1) is 11.4. The molecule has 0 fully saturated rings. The Labute approximate surface area is 141 Å². The van der Waals surface area contributed by atoms with E-state index < -0.39 is 0 Å². The molecule has 0 bridgehead atoms. The van der Waals surface area contributed by atoms with Crippen LogP contribution in [0.5, 0.6) is 11.5 Å². The number of hydrogen-bond acceptors (Lipinski definition) is 4. The molecule has 126 valence electrons. The smallest absolute Gasteiger partial charge is 0.251 e. The predicted molar refractivity (Wildman–Crippen MR) is 93.4 cm³/mol. The van der Waals surface area contributed by atoms with Gasteiger partial charge in [-0.05, 0) is 56.3 Å². The van der Waals surface area contributed by atoms with Gasteiger partial charge in [0.2, 0.25) is 0 Å². The van der Waals surface area contributed by atoms with Gasteiger partial charge in [-0.2, -0.15) is 0 Å². The highest BCUT2D eigenvalue weighted by Crippen LogP contribution is 2.40. The number of carbonyl (C=O) groups is 1. The van der Waals surface area contributed by atoms with Gasteiger partial charge in [0.1, 0.15) is 17.1 Å². The topological polar surface area (TPSA) is 73.6 Å². The lowest BCUT2D eigenvalue weighted by Gasteiger charge is -2.38. The molecule has 2 aromatic carbocycles. The molecule has 3 rings (SSSR count). The molecule has 5 heteroatoms. The fourth-order valence-corrected chi connectivity index (χ4v) is 2.99. The third-order valence-electron chi connectivity index (χ3n) is 4.15. The average Bonchev–Trinajstić information content (AvgIpc) is 2.55. The lowest BCUT2D eigenvalue weighted by Crippen LogP contribution is -2.41. The van der Waals surface area contributed by atoms with Crippen molar-refractivity contribution in [2.75, 3.05) is 12.8 Å². The molecule has 0 radical (unpaired) electrons. The van der Waals surface area contributed by atoms with Crippen molar-refractivity contribution in [3.63, 3.8) is 0 Å². The summed E-state index contributed by atoms with van der Waals surface area (Å²) in [5.41, 5.74) is 7.70. The van der Waals surface area contributed by atoms with Crippen LogP contribution in [0.1, 0.15) is 42.2 Å². The van der Waals surface area contributed by atoms with E-state index in [1.54, 1.807) is 31.4 Å². The Bertz CT molecular complexity index is 754. The molecule has 1 unspecified atom stereocenters. The van der Waals surface area contributed by atoms with Gasteiger partial charge in [0.25, 0.3) is 5.91 Å². The van der Waals surface area contributed by atoms with Crippen molar-refractivity contribution < 1.29 is 14.3 Å². The quantitative estimate of drug-likeness (QED) is 0.849. The minimum atomic E-state index is -0.360. The number of fused-ring (bicyclic) bond motifs is 1. The molecule has 1 aliphatic rings. The Morgan fingerprint density at radius 1 is 1.25 bits per heavy atom. The zero-order chi connectivity index (χ0) is 17.3. The molecular weight excluding hydrogens is 304 g/mol. The van der Waals surface area contributed by atoms with Crippen molar-refractivity contribution in [1.29, 1.82) is 0 Å². The van der Waals surface area contributed by atoms with E-state index in [2.05, 4.69) is 5.32 Å². The summed E-state index contributed by atoms with van der Waals surface area (Å²) in [4.78, 5) is 12.6. The summed E-state index contributed by atoms with van der Waals surface area (Å²) in [6, 6.07) is 12.4. The highest BCUT2D eigenvalue weighted by molar-refractivity contribution is 5.94. The van der Waals surface area contributed by atoms with Gasteiger partial charge in [0.15, 0.2) is 0 Å². The van der Waals surface area contributed by atoms with Crippen LogP contribution in [0, 0.1) is 0 Å². The largest absolute Gasteiger partial charge is 0.497 e. The summed E-state index contributed by atoms with van der Waals surface area (Å²) in [7, 11) is 1.60. The van der Waals surface area contributed by atoms with Gasteiger partial charge in [-0.25, -0.2) is 0 Å². The minimum Gasteiger partial charge on any atom is -0.497 e. The third kappa shape index (κ3) is 3.30. The highest BCUT2D eigenvalue weighted by atomic mass is 16.5. The number of hydrogen-bond donors (Lipinski definition) is 2. The van der Waals surface area contributed by atoms with Gasteiger partial charge in [0.05, 0.1) is 13.2 Å². The van der Waals surface area contributed by atoms with Gasteiger partial charge in [0, 0.05) is 23.2 Å². The summed E-state index contributed by atoms with van der Waals surface area (Å²) >= 11 is 0. The fraction of sp³-hybridized carbons (Fsp3) is 0.316. The molecule has 24 heavy (non-hydrogen) atoms. The van der Waals surface area contributed by atoms with Gasteiger partial charge in [-0.15, -0.1) is 0 Å². The monoisotopic (exact) mass is 326 g/mol. The molecule has 0 saturated heterocycles. The Kier molecular flexibility index (Phi) is 4.09. The summed E-state index contributed by atoms with van der Waals surface area (Å²) in [6.45, 7) is 4.03. The molecular formula is C19H22N2O3. The molecule has 0 saturated carbocycles. The first kappa shape index (κ1) is 16.2. The van der Waals surface area contributed by atoms with Crippen LogP contribution in [-0.2, 0) is 0 Å². The van der Waals surface area contributed by atoms with Crippen LogP contribution in [0.3, 0.4) is 0 Å². The number of nitrogens with one attached hydrogen (secondary N) is 1. The zero-order valence-electron chi connectivity index (χ0n) is 14.1. The van der Waals surface area contributed by atoms with E-state index in [0.29, 0.717) is 17.7 Å². The summed E-state index contributed by atoms with van der Waals surface area (Å²) in [6.07, 6.45) is 0.672. The van der Waals surface area contributed by atoms with Gasteiger partial charge in [-0.3, -0.25) is 4.79 Å². The van der Waals surface area contributed by atoms with Gasteiger partial charge >= 0.3 is 0 Å². The summed E-state index contributed by atoms with van der Waals surface area (Å²) < 4.78 is 11.1. The third-order valence-corrected chi connectivity index (χ3v) is 4.15. The van der Waals surface area contributed by atoms with E-state index in [1.807, 2.05) is 32.0 Å². The zero-order valence-corrected chi connectivity index (χ0v) is 14.1. The molecule has 1 heterocycles. The molecule has 5 nitrogen and oxygen atoms in total. The Hall–Kier alpha value is -2.69. The number of rotatable bonds is 3. The molecule has 1 aliphatic heterocycles. The number of methoxy groups -OCH3 is 1. The van der Waals surface area contributed by atoms with Crippen molar-refractivity contribution in [2.45, 2.75) is 31.9 Å². The van der Waals surface area contributed by atoms with Crippen molar-refractivity contribution in [3.8, 4) is 11.5 Å². The number of ether oxygens (including phenoxy) is 2. The second-order valence-electron chi connectivity index (χ2n) is 6.62. The maximum Gasteiger partial charge on any atom is 0.251 e. The normalized spacial score (nSPS) is 18.2. The Morgan fingerprint density at radius 2 is 1.96 bits per heavy atom. The van der Waals surface area contributed by atoms with E-state index in [1.165, 1.54) is 0 Å². The van der Waals surface area contributed by atoms with E-state index in [0.717, 1.165) is 17.1 Å². The maximum absolute atomic E-state index is 12.6. The van der Waals surface area contributed by atoms with Crippen LogP contribution in [0.2, 0.25) is 0 Å². The van der Waals surface area contributed by atoms with Gasteiger partial charge < -0.3 is 20.5 Å². The first-order valence-electron chi connectivity index (χ1n) is 7.91. The van der Waals surface area contributed by atoms with E-state index in [9.17, 15) is 4.79 Å². The highest BCUT2D eigenvalue weighted by Gasteiger charge is 2.34. The number of nitrogen functional groups attached to an aromatic ring is 1. The number of anilines is 1. The fourth-order valence-electron chi connectivity index (χ4n) is 2.99. The van der Waals surface area contributed by atoms with Crippen LogP contribution in [0.15, 0.2) is 42.5 Å². The summed E-state index contributed by atoms with van der Waals surface area (Å²) in [5, 5.41) is 3.10. The number of nitrogens with two attached hydrogens (primary N) is 1. The Morgan fingerprint density at radius 3 is 2.62 bits per heavy atom. The molecule has 3 N–H and O–H groups in total. The first-order valence-corrected chi connectivity index (χ1v) is 7.91. The van der Waals surface area contributed by atoms with E-state index >= 15 is 0 Å². The summed E-state index contributed by atoms with van der Waals surface area (Å²) in [5.74, 6) is 1.35. The number of benzene rings is 2. The number of amides is 1. The average molecular weight is 326 g/mol. The second kappa shape index (κ2) is 6.07. The van der Waals surface area contributed by atoms with Crippen LogP contribution < -0.4 is 20.5 Å². The SMILES string of the molecule is COc1ccc(C(=O)NC2CC(C)(C)Oc3ccc(N)cc32)cc1. The molecule has 0 aliphatic carbocycles. The van der Waals surface area contributed by atoms with Crippen LogP contribution in [0.25, 0.3) is 0 Å². The standard InChI is InChI=1S/C19H22N2O3/c1-19(2)11-16(15-10-13(20)6-9-17(15)24-19)21-18(22)12-4-7-14(23-3)8-5-12/h4-10,16H,11,20H2,1-3H3,(H,21,22). The van der Waals surface area contributed by atoms with Crippen LogP contribution in [0.4, 0.5) is 5.69 Å². The predicted octanol–water partition coefficient (Wildman–Crippen LogP) is 3.31. The van der Waals surface area contributed by atoms with Gasteiger partial charge in [-0.1, -0.05) is 0 Å². The van der Waals surface area contributed by atoms with E-state index in [4.69, 9.17) is 15.2 Å². The lowest BCUT2D eigenvalue weighted by atomic mass is 9.89. The lowest BCUT2D eigenvalue weighted by molar-refractivity contribution is 0.0620. The molecule has 0 spiro atoms. The Balaban J connectivity index is 1.85. The molecule has 1 atom stereocenters. The van der Waals surface area contributed by atoms with Crippen molar-refractivity contribution >= 4 is 11.6 Å².